The SMILES string of the molecule is Cc1nc(N2CCCC2)nc(C)c1NS(=O)(=O)c1ccccc1. The van der Waals surface area contributed by atoms with Crippen LogP contribution in [-0.4, -0.2) is 31.5 Å². The molecular formula is C16H20N4O2S. The summed E-state index contributed by atoms with van der Waals surface area (Å²) in [4.78, 5) is 11.3. The Labute approximate surface area is 136 Å². The van der Waals surface area contributed by atoms with E-state index in [9.17, 15) is 8.42 Å². The quantitative estimate of drug-likeness (QED) is 0.931. The molecule has 1 fully saturated rings. The number of nitrogens with one attached hydrogen (secondary N) is 1. The Bertz CT molecular complexity index is 777. The van der Waals surface area contributed by atoms with Gasteiger partial charge >= 0.3 is 0 Å². The molecule has 0 bridgehead atoms. The van der Waals surface area contributed by atoms with Crippen LogP contribution in [0, 0.1) is 13.8 Å². The average Bonchev–Trinajstić information content (AvgIpc) is 3.06. The van der Waals surface area contributed by atoms with Crippen LogP contribution in [0.25, 0.3) is 0 Å². The summed E-state index contributed by atoms with van der Waals surface area (Å²) in [5, 5.41) is 0. The van der Waals surface area contributed by atoms with Gasteiger partial charge in [-0.3, -0.25) is 4.72 Å². The lowest BCUT2D eigenvalue weighted by atomic mass is 10.3. The summed E-state index contributed by atoms with van der Waals surface area (Å²) in [6.07, 6.45) is 2.29. The van der Waals surface area contributed by atoms with Crippen molar-refractivity contribution < 1.29 is 8.42 Å². The first kappa shape index (κ1) is 15.7. The number of hydrogen-bond acceptors (Lipinski definition) is 5. The van der Waals surface area contributed by atoms with Crippen molar-refractivity contribution in [2.45, 2.75) is 31.6 Å². The Kier molecular flexibility index (Phi) is 4.21. The van der Waals surface area contributed by atoms with Crippen LogP contribution < -0.4 is 9.62 Å². The minimum atomic E-state index is -3.63. The fraction of sp³-hybridized carbons (Fsp3) is 0.375. The summed E-state index contributed by atoms with van der Waals surface area (Å²) in [6, 6.07) is 8.30. The molecule has 1 aliphatic rings. The molecule has 122 valence electrons. The first-order valence-electron chi connectivity index (χ1n) is 7.65. The number of aromatic nitrogens is 2. The molecule has 1 saturated heterocycles. The van der Waals surface area contributed by atoms with Crippen molar-refractivity contribution in [2.75, 3.05) is 22.7 Å². The summed E-state index contributed by atoms with van der Waals surface area (Å²) in [7, 11) is -3.63. The van der Waals surface area contributed by atoms with E-state index in [4.69, 9.17) is 0 Å². The van der Waals surface area contributed by atoms with E-state index in [1.807, 2.05) is 0 Å². The van der Waals surface area contributed by atoms with Crippen molar-refractivity contribution in [1.82, 2.24) is 9.97 Å². The zero-order valence-electron chi connectivity index (χ0n) is 13.3. The van der Waals surface area contributed by atoms with Gasteiger partial charge in [-0.25, -0.2) is 18.4 Å². The predicted molar refractivity (Wildman–Crippen MR) is 90.2 cm³/mol. The Balaban J connectivity index is 1.91. The standard InChI is InChI=1S/C16H20N4O2S/c1-12-15(19-23(21,22)14-8-4-3-5-9-14)13(2)18-16(17-12)20-10-6-7-11-20/h3-5,8-9,19H,6-7,10-11H2,1-2H3. The number of nitrogens with zero attached hydrogens (tertiary/aromatic N) is 3. The molecule has 1 aliphatic heterocycles. The molecule has 0 unspecified atom stereocenters. The highest BCUT2D eigenvalue weighted by atomic mass is 32.2. The highest BCUT2D eigenvalue weighted by Gasteiger charge is 2.21. The van der Waals surface area contributed by atoms with Crippen LogP contribution in [0.1, 0.15) is 24.2 Å². The van der Waals surface area contributed by atoms with Crippen LogP contribution in [0.4, 0.5) is 11.6 Å². The molecule has 0 aliphatic carbocycles. The lowest BCUT2D eigenvalue weighted by molar-refractivity contribution is 0.601. The lowest BCUT2D eigenvalue weighted by Crippen LogP contribution is -2.22. The van der Waals surface area contributed by atoms with Gasteiger partial charge in [0.2, 0.25) is 5.95 Å². The Morgan fingerprint density at radius 3 is 2.13 bits per heavy atom. The van der Waals surface area contributed by atoms with Gasteiger partial charge in [-0.1, -0.05) is 18.2 Å². The third-order valence-electron chi connectivity index (χ3n) is 3.94. The third kappa shape index (κ3) is 3.29. The maximum Gasteiger partial charge on any atom is 0.262 e. The zero-order valence-corrected chi connectivity index (χ0v) is 14.1. The van der Waals surface area contributed by atoms with E-state index in [1.165, 1.54) is 0 Å². The minimum Gasteiger partial charge on any atom is -0.341 e. The van der Waals surface area contributed by atoms with Crippen LogP contribution in [0.2, 0.25) is 0 Å². The van der Waals surface area contributed by atoms with Crippen molar-refractivity contribution in [3.05, 3.63) is 41.7 Å². The Hall–Kier alpha value is -2.15. The molecule has 2 aromatic rings. The molecule has 6 nitrogen and oxygen atoms in total. The molecule has 1 aromatic heterocycles. The van der Waals surface area contributed by atoms with Crippen molar-refractivity contribution >= 4 is 21.7 Å². The summed E-state index contributed by atoms with van der Waals surface area (Å²) in [6.45, 7) is 5.51. The van der Waals surface area contributed by atoms with Gasteiger partial charge in [0.15, 0.2) is 0 Å². The van der Waals surface area contributed by atoms with E-state index < -0.39 is 10.0 Å². The van der Waals surface area contributed by atoms with E-state index >= 15 is 0 Å². The highest BCUT2D eigenvalue weighted by molar-refractivity contribution is 7.92. The van der Waals surface area contributed by atoms with Crippen molar-refractivity contribution in [3.8, 4) is 0 Å². The second-order valence-corrected chi connectivity index (χ2v) is 7.36. The minimum absolute atomic E-state index is 0.224. The summed E-state index contributed by atoms with van der Waals surface area (Å²) in [5.74, 6) is 0.681. The monoisotopic (exact) mass is 332 g/mol. The fourth-order valence-electron chi connectivity index (χ4n) is 2.70. The van der Waals surface area contributed by atoms with E-state index in [-0.39, 0.29) is 4.90 Å². The molecule has 2 heterocycles. The van der Waals surface area contributed by atoms with Crippen LogP contribution in [0.5, 0.6) is 0 Å². The van der Waals surface area contributed by atoms with Gasteiger partial charge in [-0.05, 0) is 38.8 Å². The molecule has 1 aromatic carbocycles. The van der Waals surface area contributed by atoms with Crippen molar-refractivity contribution in [3.63, 3.8) is 0 Å². The van der Waals surface area contributed by atoms with Crippen LogP contribution >= 0.6 is 0 Å². The number of anilines is 2. The summed E-state index contributed by atoms with van der Waals surface area (Å²) >= 11 is 0. The Morgan fingerprint density at radius 2 is 1.57 bits per heavy atom. The van der Waals surface area contributed by atoms with Gasteiger partial charge in [0, 0.05) is 13.1 Å². The molecule has 0 saturated carbocycles. The molecule has 0 radical (unpaired) electrons. The van der Waals surface area contributed by atoms with E-state index in [0.717, 1.165) is 25.9 Å². The van der Waals surface area contributed by atoms with Gasteiger partial charge in [-0.2, -0.15) is 0 Å². The zero-order chi connectivity index (χ0) is 16.4. The molecule has 1 N–H and O–H groups in total. The molecule has 23 heavy (non-hydrogen) atoms. The summed E-state index contributed by atoms with van der Waals surface area (Å²) in [5.41, 5.74) is 1.73. The van der Waals surface area contributed by atoms with Gasteiger partial charge in [0.25, 0.3) is 10.0 Å². The van der Waals surface area contributed by atoms with Gasteiger partial charge in [-0.15, -0.1) is 0 Å². The van der Waals surface area contributed by atoms with Crippen molar-refractivity contribution in [1.29, 1.82) is 0 Å². The van der Waals surface area contributed by atoms with Gasteiger partial charge < -0.3 is 4.90 Å². The maximum atomic E-state index is 12.5. The molecule has 7 heteroatoms. The van der Waals surface area contributed by atoms with Crippen molar-refractivity contribution in [2.24, 2.45) is 0 Å². The first-order chi connectivity index (χ1) is 11.0. The average molecular weight is 332 g/mol. The van der Waals surface area contributed by atoms with Gasteiger partial charge in [0.05, 0.1) is 22.0 Å². The van der Waals surface area contributed by atoms with Crippen LogP contribution in [0.15, 0.2) is 35.2 Å². The highest BCUT2D eigenvalue weighted by Crippen LogP contribution is 2.25. The number of benzene rings is 1. The third-order valence-corrected chi connectivity index (χ3v) is 5.30. The molecule has 0 amide bonds. The number of rotatable bonds is 4. The number of aryl methyl sites for hydroxylation is 2. The van der Waals surface area contributed by atoms with Crippen LogP contribution in [-0.2, 0) is 10.0 Å². The molecule has 3 rings (SSSR count). The summed E-state index contributed by atoms with van der Waals surface area (Å²) < 4.78 is 27.6. The van der Waals surface area contributed by atoms with Gasteiger partial charge in [0.1, 0.15) is 0 Å². The first-order valence-corrected chi connectivity index (χ1v) is 9.14. The van der Waals surface area contributed by atoms with E-state index in [1.54, 1.807) is 44.2 Å². The molecule has 0 atom stereocenters. The topological polar surface area (TPSA) is 75.2 Å². The second-order valence-electron chi connectivity index (χ2n) is 5.68. The number of sulfonamides is 1. The van der Waals surface area contributed by atoms with Crippen LogP contribution in [0.3, 0.4) is 0 Å². The van der Waals surface area contributed by atoms with E-state index in [0.29, 0.717) is 23.0 Å². The Morgan fingerprint density at radius 1 is 1.00 bits per heavy atom. The normalized spacial score (nSPS) is 15.0. The fourth-order valence-corrected chi connectivity index (χ4v) is 3.90. The predicted octanol–water partition coefficient (Wildman–Crippen LogP) is 2.49. The maximum absolute atomic E-state index is 12.5. The largest absolute Gasteiger partial charge is 0.341 e. The second kappa shape index (κ2) is 6.16. The smallest absolute Gasteiger partial charge is 0.262 e. The van der Waals surface area contributed by atoms with E-state index in [2.05, 4.69) is 19.6 Å². The molecule has 0 spiro atoms. The lowest BCUT2D eigenvalue weighted by Gasteiger charge is -2.18. The number of hydrogen-bond donors (Lipinski definition) is 1. The molecular weight excluding hydrogens is 312 g/mol.